The SMILES string of the molecule is NCc1ccc2c(C3CCC(=O)NC3=O)coc2c1. The van der Waals surface area contributed by atoms with E-state index in [4.69, 9.17) is 10.2 Å². The molecular weight excluding hydrogens is 244 g/mol. The Morgan fingerprint density at radius 2 is 2.21 bits per heavy atom. The van der Waals surface area contributed by atoms with Crippen LogP contribution in [0.15, 0.2) is 28.9 Å². The molecule has 0 radical (unpaired) electrons. The molecule has 1 unspecified atom stereocenters. The molecule has 0 spiro atoms. The molecule has 98 valence electrons. The van der Waals surface area contributed by atoms with Crippen molar-refractivity contribution in [2.24, 2.45) is 5.73 Å². The summed E-state index contributed by atoms with van der Waals surface area (Å²) in [5, 5.41) is 3.27. The van der Waals surface area contributed by atoms with Crippen LogP contribution in [0.5, 0.6) is 0 Å². The molecule has 3 rings (SSSR count). The number of nitrogens with one attached hydrogen (secondary N) is 1. The van der Waals surface area contributed by atoms with E-state index in [0.717, 1.165) is 22.1 Å². The minimum absolute atomic E-state index is 0.209. The number of hydrogen-bond donors (Lipinski definition) is 2. The van der Waals surface area contributed by atoms with Crippen LogP contribution < -0.4 is 11.1 Å². The summed E-state index contributed by atoms with van der Waals surface area (Å²) >= 11 is 0. The topological polar surface area (TPSA) is 85.3 Å². The fraction of sp³-hybridized carbons (Fsp3) is 0.286. The first-order valence-corrected chi connectivity index (χ1v) is 6.23. The molecule has 1 aliphatic rings. The van der Waals surface area contributed by atoms with Crippen LogP contribution in [0.3, 0.4) is 0 Å². The lowest BCUT2D eigenvalue weighted by molar-refractivity contribution is -0.134. The summed E-state index contributed by atoms with van der Waals surface area (Å²) in [7, 11) is 0. The largest absolute Gasteiger partial charge is 0.464 e. The summed E-state index contributed by atoms with van der Waals surface area (Å²) in [5.74, 6) is -0.774. The number of benzene rings is 1. The Morgan fingerprint density at radius 1 is 1.37 bits per heavy atom. The van der Waals surface area contributed by atoms with Gasteiger partial charge in [0.1, 0.15) is 5.58 Å². The van der Waals surface area contributed by atoms with Gasteiger partial charge in [-0.25, -0.2) is 0 Å². The fourth-order valence-corrected chi connectivity index (χ4v) is 2.48. The number of amides is 2. The van der Waals surface area contributed by atoms with E-state index in [0.29, 0.717) is 19.4 Å². The molecule has 2 amide bonds. The third-order valence-corrected chi connectivity index (χ3v) is 3.52. The molecule has 1 saturated heterocycles. The number of piperidine rings is 1. The molecule has 1 aromatic heterocycles. The average molecular weight is 258 g/mol. The lowest BCUT2D eigenvalue weighted by Crippen LogP contribution is -2.39. The Balaban J connectivity index is 2.01. The molecular formula is C14H14N2O3. The molecule has 0 saturated carbocycles. The van der Waals surface area contributed by atoms with Crippen LogP contribution in [0.2, 0.25) is 0 Å². The second-order valence-corrected chi connectivity index (χ2v) is 4.73. The third kappa shape index (κ3) is 2.02. The Morgan fingerprint density at radius 3 is 2.95 bits per heavy atom. The van der Waals surface area contributed by atoms with Crippen LogP contribution in [0, 0.1) is 0 Å². The first-order chi connectivity index (χ1) is 9.19. The van der Waals surface area contributed by atoms with Gasteiger partial charge < -0.3 is 10.2 Å². The summed E-state index contributed by atoms with van der Waals surface area (Å²) in [6, 6.07) is 5.72. The zero-order chi connectivity index (χ0) is 13.4. The maximum absolute atomic E-state index is 11.9. The lowest BCUT2D eigenvalue weighted by Gasteiger charge is -2.19. The van der Waals surface area contributed by atoms with E-state index in [2.05, 4.69) is 5.32 Å². The van der Waals surface area contributed by atoms with Gasteiger partial charge in [0.2, 0.25) is 11.8 Å². The molecule has 3 N–H and O–H groups in total. The monoisotopic (exact) mass is 258 g/mol. The van der Waals surface area contributed by atoms with Crippen molar-refractivity contribution in [1.82, 2.24) is 5.32 Å². The number of carbonyl (C=O) groups excluding carboxylic acids is 2. The van der Waals surface area contributed by atoms with Gasteiger partial charge in [-0.3, -0.25) is 14.9 Å². The molecule has 2 aromatic rings. The number of carbonyl (C=O) groups is 2. The zero-order valence-electron chi connectivity index (χ0n) is 10.3. The first kappa shape index (κ1) is 11.9. The second kappa shape index (κ2) is 4.51. The van der Waals surface area contributed by atoms with E-state index in [1.54, 1.807) is 6.26 Å². The maximum Gasteiger partial charge on any atom is 0.234 e. The molecule has 1 fully saturated rings. The van der Waals surface area contributed by atoms with Crippen molar-refractivity contribution in [2.45, 2.75) is 25.3 Å². The smallest absolute Gasteiger partial charge is 0.234 e. The van der Waals surface area contributed by atoms with E-state index in [9.17, 15) is 9.59 Å². The van der Waals surface area contributed by atoms with Crippen LogP contribution in [0.4, 0.5) is 0 Å². The normalized spacial score (nSPS) is 19.7. The van der Waals surface area contributed by atoms with Gasteiger partial charge in [-0.1, -0.05) is 12.1 Å². The van der Waals surface area contributed by atoms with Gasteiger partial charge in [0.25, 0.3) is 0 Å². The van der Waals surface area contributed by atoms with E-state index >= 15 is 0 Å². The summed E-state index contributed by atoms with van der Waals surface area (Å²) < 4.78 is 5.50. The fourth-order valence-electron chi connectivity index (χ4n) is 2.48. The molecule has 19 heavy (non-hydrogen) atoms. The van der Waals surface area contributed by atoms with Crippen molar-refractivity contribution in [3.63, 3.8) is 0 Å². The maximum atomic E-state index is 11.9. The lowest BCUT2D eigenvalue weighted by atomic mass is 9.90. The Kier molecular flexibility index (Phi) is 2.83. The van der Waals surface area contributed by atoms with Gasteiger partial charge in [0.05, 0.1) is 12.2 Å². The van der Waals surface area contributed by atoms with Gasteiger partial charge >= 0.3 is 0 Å². The second-order valence-electron chi connectivity index (χ2n) is 4.73. The van der Waals surface area contributed by atoms with E-state index < -0.39 is 0 Å². The molecule has 1 aromatic carbocycles. The quantitative estimate of drug-likeness (QED) is 0.797. The van der Waals surface area contributed by atoms with Crippen molar-refractivity contribution in [2.75, 3.05) is 0 Å². The molecule has 1 atom stereocenters. The number of fused-ring (bicyclic) bond motifs is 1. The van der Waals surface area contributed by atoms with Crippen molar-refractivity contribution < 1.29 is 14.0 Å². The number of hydrogen-bond acceptors (Lipinski definition) is 4. The zero-order valence-corrected chi connectivity index (χ0v) is 10.3. The molecule has 0 aliphatic carbocycles. The summed E-state index contributed by atoms with van der Waals surface area (Å²) in [5.41, 5.74) is 8.13. The number of rotatable bonds is 2. The summed E-state index contributed by atoms with van der Waals surface area (Å²) in [6.07, 6.45) is 2.49. The Bertz CT molecular complexity index is 660. The van der Waals surface area contributed by atoms with Crippen LogP contribution in [0.1, 0.15) is 29.9 Å². The van der Waals surface area contributed by atoms with Gasteiger partial charge in [-0.2, -0.15) is 0 Å². The van der Waals surface area contributed by atoms with Crippen molar-refractivity contribution in [1.29, 1.82) is 0 Å². The van der Waals surface area contributed by atoms with E-state index in [1.807, 2.05) is 18.2 Å². The highest BCUT2D eigenvalue weighted by molar-refractivity contribution is 6.02. The van der Waals surface area contributed by atoms with Gasteiger partial charge in [-0.05, 0) is 18.1 Å². The van der Waals surface area contributed by atoms with E-state index in [1.165, 1.54) is 0 Å². The molecule has 5 heteroatoms. The molecule has 0 bridgehead atoms. The Hall–Kier alpha value is -2.14. The molecule has 1 aliphatic heterocycles. The summed E-state index contributed by atoms with van der Waals surface area (Å²) in [6.45, 7) is 0.449. The highest BCUT2D eigenvalue weighted by Gasteiger charge is 2.30. The minimum Gasteiger partial charge on any atom is -0.464 e. The van der Waals surface area contributed by atoms with Crippen molar-refractivity contribution in [3.05, 3.63) is 35.6 Å². The molecule has 5 nitrogen and oxygen atoms in total. The highest BCUT2D eigenvalue weighted by atomic mass is 16.3. The minimum atomic E-state index is -0.317. The van der Waals surface area contributed by atoms with Gasteiger partial charge in [0.15, 0.2) is 0 Å². The molecule has 2 heterocycles. The highest BCUT2D eigenvalue weighted by Crippen LogP contribution is 2.32. The Labute approximate surface area is 109 Å². The van der Waals surface area contributed by atoms with Crippen molar-refractivity contribution in [3.8, 4) is 0 Å². The number of nitrogens with two attached hydrogens (primary N) is 1. The van der Waals surface area contributed by atoms with Crippen LogP contribution in [-0.4, -0.2) is 11.8 Å². The first-order valence-electron chi connectivity index (χ1n) is 6.23. The predicted octanol–water partition coefficient (Wildman–Crippen LogP) is 1.41. The van der Waals surface area contributed by atoms with Crippen LogP contribution in [0.25, 0.3) is 11.0 Å². The summed E-state index contributed by atoms with van der Waals surface area (Å²) in [4.78, 5) is 23.0. The third-order valence-electron chi connectivity index (χ3n) is 3.52. The van der Waals surface area contributed by atoms with Crippen molar-refractivity contribution >= 4 is 22.8 Å². The standard InChI is InChI=1S/C14H14N2O3/c15-6-8-1-2-9-11(7-19-12(9)5-8)10-3-4-13(17)16-14(10)18/h1-2,5,7,10H,3-4,6,15H2,(H,16,17,18). The van der Waals surface area contributed by atoms with E-state index in [-0.39, 0.29) is 17.7 Å². The predicted molar refractivity (Wildman–Crippen MR) is 69.2 cm³/mol. The number of imide groups is 1. The van der Waals surface area contributed by atoms with Crippen LogP contribution in [-0.2, 0) is 16.1 Å². The van der Waals surface area contributed by atoms with Crippen LogP contribution >= 0.6 is 0 Å². The van der Waals surface area contributed by atoms with Gasteiger partial charge in [0, 0.05) is 23.9 Å². The number of furan rings is 1. The van der Waals surface area contributed by atoms with Gasteiger partial charge in [-0.15, -0.1) is 0 Å². The average Bonchev–Trinajstić information content (AvgIpc) is 2.81.